The average molecular weight is 488 g/mol. The molecule has 0 aromatic heterocycles. The maximum Gasteiger partial charge on any atom is 0.460 e. The number of aliphatic hydroxyl groups is 1. The van der Waals surface area contributed by atoms with E-state index in [0.717, 1.165) is 5.73 Å². The maximum atomic E-state index is 13.3. The Kier molecular flexibility index (Phi) is 6.76. The second-order valence-corrected chi connectivity index (χ2v) is 5.38. The normalized spacial score (nSPS) is 16.9. The maximum absolute atomic E-state index is 13.3. The number of alkyl halides is 17. The lowest BCUT2D eigenvalue weighted by Gasteiger charge is -2.43. The van der Waals surface area contributed by atoms with E-state index in [0.29, 0.717) is 0 Å². The monoisotopic (exact) mass is 488 g/mol. The van der Waals surface area contributed by atoms with Crippen LogP contribution in [0.5, 0.6) is 0 Å². The Hall–Kier alpha value is -1.71. The Labute approximate surface area is 153 Å². The third-order valence-corrected chi connectivity index (χ3v) is 3.39. The van der Waals surface area contributed by atoms with Gasteiger partial charge in [-0.25, -0.2) is 0 Å². The van der Waals surface area contributed by atoms with Crippen LogP contribution in [0.25, 0.3) is 0 Å². The van der Waals surface area contributed by atoms with Crippen LogP contribution in [0.3, 0.4) is 0 Å². The lowest BCUT2D eigenvalue weighted by atomic mass is 9.87. The molecule has 0 rings (SSSR count). The highest BCUT2D eigenvalue weighted by molar-refractivity contribution is 5.16. The second kappa shape index (κ2) is 7.17. The average Bonchev–Trinajstić information content (AvgIpc) is 2.52. The Morgan fingerprint density at radius 2 is 0.800 bits per heavy atom. The summed E-state index contributed by atoms with van der Waals surface area (Å²) in [7, 11) is 0. The fourth-order valence-electron chi connectivity index (χ4n) is 1.58. The number of aliphatic hydroxyl groups excluding tert-OH is 1. The zero-order valence-electron chi connectivity index (χ0n) is 13.2. The van der Waals surface area contributed by atoms with Crippen LogP contribution in [0.2, 0.25) is 0 Å². The third-order valence-electron chi connectivity index (χ3n) is 3.39. The van der Waals surface area contributed by atoms with Gasteiger partial charge in [0.2, 0.25) is 0 Å². The topological polar surface area (TPSA) is 20.2 Å². The second-order valence-electron chi connectivity index (χ2n) is 5.38. The highest BCUT2D eigenvalue weighted by Gasteiger charge is 2.95. The lowest BCUT2D eigenvalue weighted by Crippen LogP contribution is -2.75. The summed E-state index contributed by atoms with van der Waals surface area (Å²) in [6, 6.07) is 0. The van der Waals surface area contributed by atoms with Crippen molar-refractivity contribution in [1.82, 2.24) is 0 Å². The van der Waals surface area contributed by atoms with Crippen LogP contribution >= 0.6 is 0 Å². The van der Waals surface area contributed by atoms with Crippen LogP contribution in [0.15, 0.2) is 18.4 Å². The molecule has 178 valence electrons. The van der Waals surface area contributed by atoms with Crippen LogP contribution < -0.4 is 0 Å². The van der Waals surface area contributed by atoms with Crippen LogP contribution in [0, 0.1) is 0 Å². The SMILES string of the molecule is C=C=CC(O)C(F)(F)C(F)(F)C(F)(F)C(F)(F)C(F)(F)C(F)(F)C(F)(F)C(F)(F)F. The van der Waals surface area contributed by atoms with Gasteiger partial charge in [-0.05, 0) is 6.08 Å². The molecule has 18 heteroatoms. The molecule has 30 heavy (non-hydrogen) atoms. The molecular formula is C12H5F17O. The third kappa shape index (κ3) is 3.40. The molecule has 1 unspecified atom stereocenters. The molecule has 0 aliphatic heterocycles. The van der Waals surface area contributed by atoms with Crippen molar-refractivity contribution in [2.75, 3.05) is 0 Å². The first-order chi connectivity index (χ1) is 12.7. The first kappa shape index (κ1) is 28.3. The Bertz CT molecular complexity index is 681. The molecule has 0 aliphatic carbocycles. The van der Waals surface area contributed by atoms with Crippen LogP contribution in [0.4, 0.5) is 74.6 Å². The Morgan fingerprint density at radius 1 is 0.533 bits per heavy atom. The number of hydrogen-bond donors (Lipinski definition) is 1. The van der Waals surface area contributed by atoms with E-state index in [1.165, 1.54) is 0 Å². The van der Waals surface area contributed by atoms with Crippen molar-refractivity contribution in [3.63, 3.8) is 0 Å². The lowest BCUT2D eigenvalue weighted by molar-refractivity contribution is -0.463. The van der Waals surface area contributed by atoms with E-state index in [9.17, 15) is 74.6 Å². The summed E-state index contributed by atoms with van der Waals surface area (Å²) in [4.78, 5) is 0. The molecule has 0 saturated heterocycles. The number of rotatable bonds is 8. The van der Waals surface area contributed by atoms with Gasteiger partial charge in [0.15, 0.2) is 0 Å². The molecule has 0 aromatic rings. The zero-order valence-corrected chi connectivity index (χ0v) is 13.2. The summed E-state index contributed by atoms with van der Waals surface area (Å²) in [5.74, 6) is -57.4. The summed E-state index contributed by atoms with van der Waals surface area (Å²) >= 11 is 0. The van der Waals surface area contributed by atoms with E-state index in [2.05, 4.69) is 6.58 Å². The van der Waals surface area contributed by atoms with Gasteiger partial charge < -0.3 is 5.11 Å². The number of hydrogen-bond acceptors (Lipinski definition) is 1. The molecular weight excluding hydrogens is 483 g/mol. The highest BCUT2D eigenvalue weighted by atomic mass is 19.4. The molecule has 1 nitrogen and oxygen atoms in total. The summed E-state index contributed by atoms with van der Waals surface area (Å²) in [6.45, 7) is 2.37. The number of halogens is 17. The molecule has 1 N–H and O–H groups in total. The van der Waals surface area contributed by atoms with Gasteiger partial charge in [0.1, 0.15) is 6.10 Å². The van der Waals surface area contributed by atoms with Gasteiger partial charge in [-0.3, -0.25) is 0 Å². The van der Waals surface area contributed by atoms with Crippen molar-refractivity contribution in [2.24, 2.45) is 0 Å². The summed E-state index contributed by atoms with van der Waals surface area (Å²) in [6.07, 6.45) is -12.8. The smallest absolute Gasteiger partial charge is 0.382 e. The zero-order chi connectivity index (χ0) is 25.0. The van der Waals surface area contributed by atoms with Gasteiger partial charge in [-0.15, -0.1) is 5.73 Å². The van der Waals surface area contributed by atoms with E-state index < -0.39 is 59.8 Å². The minimum atomic E-state index is -8.69. The minimum absolute atomic E-state index is 0.702. The molecule has 0 spiro atoms. The first-order valence-corrected chi connectivity index (χ1v) is 6.49. The molecule has 1 atom stereocenters. The van der Waals surface area contributed by atoms with Gasteiger partial charge in [0.05, 0.1) is 0 Å². The van der Waals surface area contributed by atoms with Gasteiger partial charge in [-0.1, -0.05) is 6.58 Å². The van der Waals surface area contributed by atoms with E-state index >= 15 is 0 Å². The van der Waals surface area contributed by atoms with Crippen LogP contribution in [0.1, 0.15) is 0 Å². The van der Waals surface area contributed by atoms with Gasteiger partial charge in [0, 0.05) is 0 Å². The molecule has 0 heterocycles. The van der Waals surface area contributed by atoms with Crippen LogP contribution in [-0.2, 0) is 0 Å². The van der Waals surface area contributed by atoms with E-state index in [-0.39, 0.29) is 0 Å². The van der Waals surface area contributed by atoms with E-state index in [1.807, 2.05) is 0 Å². The molecule has 0 radical (unpaired) electrons. The van der Waals surface area contributed by atoms with Crippen molar-refractivity contribution in [3.05, 3.63) is 18.4 Å². The summed E-state index contributed by atoms with van der Waals surface area (Å²) in [5, 5.41) is 8.57. The van der Waals surface area contributed by atoms with E-state index in [4.69, 9.17) is 5.11 Å². The quantitative estimate of drug-likeness (QED) is 0.344. The Morgan fingerprint density at radius 3 is 1.07 bits per heavy atom. The largest absolute Gasteiger partial charge is 0.460 e. The van der Waals surface area contributed by atoms with Crippen molar-refractivity contribution in [3.8, 4) is 0 Å². The van der Waals surface area contributed by atoms with Crippen molar-refractivity contribution in [2.45, 2.75) is 53.7 Å². The van der Waals surface area contributed by atoms with E-state index in [1.54, 1.807) is 0 Å². The predicted octanol–water partition coefficient (Wildman–Crippen LogP) is 5.70. The summed E-state index contributed by atoms with van der Waals surface area (Å²) < 4.78 is 219. The molecule has 0 amide bonds. The minimum Gasteiger partial charge on any atom is -0.382 e. The molecule has 0 aliphatic rings. The molecule has 0 aromatic carbocycles. The predicted molar refractivity (Wildman–Crippen MR) is 60.4 cm³/mol. The van der Waals surface area contributed by atoms with Crippen molar-refractivity contribution < 1.29 is 79.7 Å². The molecule has 0 saturated carbocycles. The van der Waals surface area contributed by atoms with Gasteiger partial charge in [0.25, 0.3) is 0 Å². The molecule has 0 fully saturated rings. The standard InChI is InChI=1S/C12H5F17O/c1-2-3-4(30)5(13,14)6(15,16)7(17,18)8(19,20)9(21,22)10(23,24)11(25,26)12(27,28)29/h3-4,30H,1H2. The van der Waals surface area contributed by atoms with Gasteiger partial charge >= 0.3 is 47.6 Å². The van der Waals surface area contributed by atoms with Gasteiger partial charge in [-0.2, -0.15) is 74.6 Å². The first-order valence-electron chi connectivity index (χ1n) is 6.49. The van der Waals surface area contributed by atoms with Crippen molar-refractivity contribution in [1.29, 1.82) is 0 Å². The molecule has 0 bridgehead atoms. The van der Waals surface area contributed by atoms with Crippen LogP contribution in [-0.4, -0.2) is 58.8 Å². The van der Waals surface area contributed by atoms with Crippen molar-refractivity contribution >= 4 is 0 Å². The fraction of sp³-hybridized carbons (Fsp3) is 0.750. The fourth-order valence-corrected chi connectivity index (χ4v) is 1.58. The Balaban J connectivity index is 6.80. The highest BCUT2D eigenvalue weighted by Crippen LogP contribution is 2.64. The summed E-state index contributed by atoms with van der Waals surface area (Å²) in [5.41, 5.74) is 1.06.